The van der Waals surface area contributed by atoms with Gasteiger partial charge in [0, 0.05) is 5.92 Å². The monoisotopic (exact) mass is 407 g/mol. The molecule has 3 rings (SSSR count). The van der Waals surface area contributed by atoms with E-state index >= 15 is 0 Å². The number of carbonyl (C=O) groups is 3. The molecule has 0 bridgehead atoms. The second-order valence-corrected chi connectivity index (χ2v) is 8.98. The Kier molecular flexibility index (Phi) is 6.88. The van der Waals surface area contributed by atoms with Crippen molar-refractivity contribution in [1.82, 2.24) is 0 Å². The van der Waals surface area contributed by atoms with Crippen molar-refractivity contribution in [2.45, 2.75) is 65.3 Å². The van der Waals surface area contributed by atoms with Crippen LogP contribution in [0.2, 0.25) is 0 Å². The molecular formula is C21H31N2O4S+. The van der Waals surface area contributed by atoms with Crippen molar-refractivity contribution < 1.29 is 24.0 Å². The molecule has 1 aliphatic carbocycles. The van der Waals surface area contributed by atoms with E-state index in [9.17, 15) is 14.4 Å². The number of hydrogen-bond acceptors (Lipinski definition) is 5. The molecule has 154 valence electrons. The fourth-order valence-electron chi connectivity index (χ4n) is 4.85. The van der Waals surface area contributed by atoms with Crippen molar-refractivity contribution in [3.05, 3.63) is 16.0 Å². The molecule has 0 aromatic carbocycles. The predicted octanol–water partition coefficient (Wildman–Crippen LogP) is 2.61. The zero-order valence-corrected chi connectivity index (χ0v) is 17.9. The van der Waals surface area contributed by atoms with Gasteiger partial charge in [-0.15, -0.1) is 11.3 Å². The van der Waals surface area contributed by atoms with Gasteiger partial charge in [-0.25, -0.2) is 4.79 Å². The van der Waals surface area contributed by atoms with Gasteiger partial charge in [0.05, 0.1) is 29.6 Å². The van der Waals surface area contributed by atoms with Crippen molar-refractivity contribution in [1.29, 1.82) is 0 Å². The standard InChI is InChI=1S/C21H30N2O4S/c1-4-27-21(26)18-13(2)19(14(3)24)28-20(18)22-17(25)12-23-11-7-9-15-8-5-6-10-16(15)23/h15-16H,4-12H2,1-3H3,(H,22,25)/p+1/t15-,16+/m1/s1. The molecule has 1 aromatic heterocycles. The Morgan fingerprint density at radius 1 is 1.18 bits per heavy atom. The van der Waals surface area contributed by atoms with Gasteiger partial charge in [-0.1, -0.05) is 6.42 Å². The smallest absolute Gasteiger partial charge is 0.341 e. The first-order valence-electron chi connectivity index (χ1n) is 10.4. The van der Waals surface area contributed by atoms with E-state index < -0.39 is 5.97 Å². The van der Waals surface area contributed by atoms with Crippen molar-refractivity contribution in [3.63, 3.8) is 0 Å². The van der Waals surface area contributed by atoms with E-state index in [-0.39, 0.29) is 18.3 Å². The molecule has 1 aromatic rings. The van der Waals surface area contributed by atoms with E-state index in [2.05, 4.69) is 5.32 Å². The van der Waals surface area contributed by atoms with Crippen molar-refractivity contribution >= 4 is 34.0 Å². The summed E-state index contributed by atoms with van der Waals surface area (Å²) in [7, 11) is 0. The first kappa shape index (κ1) is 21.0. The van der Waals surface area contributed by atoms with Crippen LogP contribution in [0.1, 0.15) is 78.0 Å². The molecule has 1 saturated carbocycles. The van der Waals surface area contributed by atoms with E-state index in [4.69, 9.17) is 4.74 Å². The van der Waals surface area contributed by atoms with Gasteiger partial charge in [-0.3, -0.25) is 9.59 Å². The fraction of sp³-hybridized carbons (Fsp3) is 0.667. The Labute approximate surface area is 170 Å². The van der Waals surface area contributed by atoms with Crippen LogP contribution in [0.3, 0.4) is 0 Å². The Hall–Kier alpha value is -1.73. The highest BCUT2D eigenvalue weighted by atomic mass is 32.1. The molecule has 2 heterocycles. The zero-order valence-electron chi connectivity index (χ0n) is 17.1. The fourth-order valence-corrected chi connectivity index (χ4v) is 5.96. The maximum absolute atomic E-state index is 12.8. The van der Waals surface area contributed by atoms with E-state index in [0.717, 1.165) is 12.5 Å². The number of rotatable bonds is 6. The number of esters is 1. The number of anilines is 1. The summed E-state index contributed by atoms with van der Waals surface area (Å²) in [6.45, 7) is 6.64. The lowest BCUT2D eigenvalue weighted by atomic mass is 9.78. The topological polar surface area (TPSA) is 76.9 Å². The van der Waals surface area contributed by atoms with Crippen LogP contribution in [0, 0.1) is 12.8 Å². The van der Waals surface area contributed by atoms with Crippen LogP contribution >= 0.6 is 11.3 Å². The minimum atomic E-state index is -0.489. The Morgan fingerprint density at radius 3 is 2.61 bits per heavy atom. The molecule has 6 nitrogen and oxygen atoms in total. The second-order valence-electron chi connectivity index (χ2n) is 7.96. The van der Waals surface area contributed by atoms with Crippen LogP contribution in [0.5, 0.6) is 0 Å². The van der Waals surface area contributed by atoms with E-state index in [1.54, 1.807) is 13.8 Å². The average Bonchev–Trinajstić information content (AvgIpc) is 2.98. The van der Waals surface area contributed by atoms with Crippen LogP contribution < -0.4 is 10.2 Å². The minimum Gasteiger partial charge on any atom is -0.462 e. The number of amides is 1. The summed E-state index contributed by atoms with van der Waals surface area (Å²) in [6, 6.07) is 0.579. The molecule has 2 aliphatic rings. The molecule has 2 N–H and O–H groups in total. The summed E-state index contributed by atoms with van der Waals surface area (Å²) in [5.41, 5.74) is 0.901. The van der Waals surface area contributed by atoms with E-state index in [1.807, 2.05) is 0 Å². The quantitative estimate of drug-likeness (QED) is 0.561. The number of hydrogen-bond donors (Lipinski definition) is 2. The largest absolute Gasteiger partial charge is 0.462 e. The van der Waals surface area contributed by atoms with Crippen LogP contribution in [-0.2, 0) is 9.53 Å². The number of ether oxygens (including phenoxy) is 1. The Balaban J connectivity index is 1.75. The third kappa shape index (κ3) is 4.46. The molecule has 1 aliphatic heterocycles. The molecule has 0 radical (unpaired) electrons. The highest BCUT2D eigenvalue weighted by Crippen LogP contribution is 2.34. The van der Waals surface area contributed by atoms with Gasteiger partial charge in [-0.2, -0.15) is 0 Å². The van der Waals surface area contributed by atoms with Crippen molar-refractivity contribution in [3.8, 4) is 0 Å². The first-order valence-corrected chi connectivity index (χ1v) is 11.2. The van der Waals surface area contributed by atoms with Gasteiger partial charge >= 0.3 is 5.97 Å². The Morgan fingerprint density at radius 2 is 1.89 bits per heavy atom. The third-order valence-electron chi connectivity index (χ3n) is 6.09. The number of nitrogens with one attached hydrogen (secondary N) is 2. The highest BCUT2D eigenvalue weighted by Gasteiger charge is 2.37. The number of ketones is 1. The Bertz CT molecular complexity index is 756. The van der Waals surface area contributed by atoms with Gasteiger partial charge in [0.2, 0.25) is 0 Å². The van der Waals surface area contributed by atoms with Crippen LogP contribution in [-0.4, -0.2) is 43.4 Å². The maximum Gasteiger partial charge on any atom is 0.341 e. The SMILES string of the molecule is CCOC(=O)c1c(NC(=O)C[NH+]2CCC[C@H]3CCCC[C@@H]32)sc(C(C)=O)c1C. The third-order valence-corrected chi connectivity index (χ3v) is 7.40. The van der Waals surface area contributed by atoms with Gasteiger partial charge < -0.3 is 15.0 Å². The molecule has 1 saturated heterocycles. The molecule has 2 fully saturated rings. The van der Waals surface area contributed by atoms with Crippen LogP contribution in [0.25, 0.3) is 0 Å². The normalized spacial score (nSPS) is 24.3. The molecule has 3 atom stereocenters. The molecule has 28 heavy (non-hydrogen) atoms. The molecule has 0 spiro atoms. The summed E-state index contributed by atoms with van der Waals surface area (Å²) in [5, 5.41) is 3.35. The lowest BCUT2D eigenvalue weighted by Gasteiger charge is -2.40. The number of piperidine rings is 1. The average molecular weight is 408 g/mol. The first-order chi connectivity index (χ1) is 13.4. The zero-order chi connectivity index (χ0) is 20.3. The van der Waals surface area contributed by atoms with Gasteiger partial charge in [-0.05, 0) is 58.4 Å². The lowest BCUT2D eigenvalue weighted by molar-refractivity contribution is -0.928. The predicted molar refractivity (Wildman–Crippen MR) is 109 cm³/mol. The second kappa shape index (κ2) is 9.18. The molecule has 1 unspecified atom stereocenters. The summed E-state index contributed by atoms with van der Waals surface area (Å²) >= 11 is 1.17. The van der Waals surface area contributed by atoms with Gasteiger partial charge in [0.1, 0.15) is 5.00 Å². The lowest BCUT2D eigenvalue weighted by Crippen LogP contribution is -3.18. The molecule has 7 heteroatoms. The molecular weight excluding hydrogens is 376 g/mol. The summed E-state index contributed by atoms with van der Waals surface area (Å²) in [4.78, 5) is 39.0. The number of likely N-dealkylation sites (tertiary alicyclic amines) is 1. The number of thiophene rings is 1. The summed E-state index contributed by atoms with van der Waals surface area (Å²) < 4.78 is 5.14. The number of quaternary nitrogens is 1. The van der Waals surface area contributed by atoms with E-state index in [0.29, 0.717) is 33.6 Å². The summed E-state index contributed by atoms with van der Waals surface area (Å²) in [5.74, 6) is 0.0498. The number of fused-ring (bicyclic) bond motifs is 1. The van der Waals surface area contributed by atoms with E-state index in [1.165, 1.54) is 61.7 Å². The van der Waals surface area contributed by atoms with Gasteiger partial charge in [0.15, 0.2) is 12.3 Å². The number of carbonyl (C=O) groups excluding carboxylic acids is 3. The van der Waals surface area contributed by atoms with Crippen molar-refractivity contribution in [2.24, 2.45) is 5.92 Å². The van der Waals surface area contributed by atoms with Crippen molar-refractivity contribution in [2.75, 3.05) is 25.0 Å². The van der Waals surface area contributed by atoms with Crippen LogP contribution in [0.15, 0.2) is 0 Å². The molecule has 1 amide bonds. The summed E-state index contributed by atoms with van der Waals surface area (Å²) in [6.07, 6.45) is 7.51. The maximum atomic E-state index is 12.8. The van der Waals surface area contributed by atoms with Gasteiger partial charge in [0.25, 0.3) is 5.91 Å². The number of Topliss-reactive ketones (excluding diaryl/α,β-unsaturated/α-hetero) is 1. The minimum absolute atomic E-state index is 0.0943. The highest BCUT2D eigenvalue weighted by molar-refractivity contribution is 7.18. The van der Waals surface area contributed by atoms with Crippen LogP contribution in [0.4, 0.5) is 5.00 Å².